The predicted molar refractivity (Wildman–Crippen MR) is 121 cm³/mol. The van der Waals surface area contributed by atoms with Crippen molar-refractivity contribution >= 4 is 36.1 Å². The second-order valence-electron chi connectivity index (χ2n) is 7.60. The summed E-state index contributed by atoms with van der Waals surface area (Å²) in [7, 11) is 5.52. The monoisotopic (exact) mass is 416 g/mol. The van der Waals surface area contributed by atoms with Crippen molar-refractivity contribution in [2.45, 2.75) is 33.8 Å². The number of carbonyl (C=O) groups is 1. The van der Waals surface area contributed by atoms with Crippen LogP contribution in [-0.4, -0.2) is 27.0 Å². The van der Waals surface area contributed by atoms with Crippen LogP contribution in [0.15, 0.2) is 87.5 Å². The number of hydrogen-bond acceptors (Lipinski definition) is 4. The zero-order valence-electron chi connectivity index (χ0n) is 17.1. The van der Waals surface area contributed by atoms with Crippen molar-refractivity contribution in [3.63, 3.8) is 0 Å². The van der Waals surface area contributed by atoms with E-state index in [1.54, 1.807) is 13.8 Å². The molecule has 0 fully saturated rings. The van der Waals surface area contributed by atoms with E-state index in [1.165, 1.54) is 14.7 Å². The van der Waals surface area contributed by atoms with Crippen molar-refractivity contribution in [1.29, 1.82) is 0 Å². The number of ether oxygens (including phenoxy) is 2. The van der Waals surface area contributed by atoms with Gasteiger partial charge in [-0.3, -0.25) is 4.79 Å². The first-order valence-electron chi connectivity index (χ1n) is 9.82. The van der Waals surface area contributed by atoms with Gasteiger partial charge in [0.15, 0.2) is 14.7 Å². The number of carbonyl (C=O) groups excluding carboxylic acids is 1. The highest BCUT2D eigenvalue weighted by atomic mass is 32.2. The van der Waals surface area contributed by atoms with Gasteiger partial charge in [-0.2, -0.15) is 0 Å². The van der Waals surface area contributed by atoms with Gasteiger partial charge in [-0.05, 0) is 48.5 Å². The Kier molecular flexibility index (Phi) is 5.77. The van der Waals surface area contributed by atoms with E-state index >= 15 is 0 Å². The fourth-order valence-corrected chi connectivity index (χ4v) is 5.43. The molecule has 1 aliphatic heterocycles. The van der Waals surface area contributed by atoms with Crippen LogP contribution in [0.25, 0.3) is 0 Å². The molecular formula is C24H23BNO3S+. The molecule has 0 bridgehead atoms. The van der Waals surface area contributed by atoms with E-state index < -0.39 is 11.3 Å². The van der Waals surface area contributed by atoms with Crippen molar-refractivity contribution in [2.75, 3.05) is 18.5 Å². The summed E-state index contributed by atoms with van der Waals surface area (Å²) < 4.78 is 10.9. The summed E-state index contributed by atoms with van der Waals surface area (Å²) in [5.74, 6) is 0.299. The van der Waals surface area contributed by atoms with Crippen LogP contribution in [0, 0.1) is 0 Å². The zero-order chi connectivity index (χ0) is 21.1. The maximum absolute atomic E-state index is 11.7. The van der Waals surface area contributed by atoms with Gasteiger partial charge >= 0.3 is 5.97 Å². The molecule has 6 heteroatoms. The SMILES string of the molecule is [B]C(C)(C)C(=O)OCCOc1ccc([S+]2c3ccccc3Nc3ccccc32)cc1. The number of anilines is 2. The number of para-hydroxylation sites is 2. The van der Waals surface area contributed by atoms with Crippen LogP contribution in [0.3, 0.4) is 0 Å². The van der Waals surface area contributed by atoms with Crippen LogP contribution in [0.2, 0.25) is 5.31 Å². The minimum Gasteiger partial charge on any atom is -0.490 e. The summed E-state index contributed by atoms with van der Waals surface area (Å²) >= 11 is 0. The van der Waals surface area contributed by atoms with Crippen LogP contribution in [0.4, 0.5) is 11.4 Å². The quantitative estimate of drug-likeness (QED) is 0.205. The first-order chi connectivity index (χ1) is 14.4. The van der Waals surface area contributed by atoms with Gasteiger partial charge in [-0.15, -0.1) is 0 Å². The Labute approximate surface area is 181 Å². The molecule has 2 radical (unpaired) electrons. The lowest BCUT2D eigenvalue weighted by molar-refractivity contribution is -0.147. The molecule has 4 nitrogen and oxygen atoms in total. The highest BCUT2D eigenvalue weighted by molar-refractivity contribution is 7.97. The average molecular weight is 416 g/mol. The van der Waals surface area contributed by atoms with Crippen LogP contribution in [0.1, 0.15) is 13.8 Å². The van der Waals surface area contributed by atoms with E-state index in [4.69, 9.17) is 17.3 Å². The van der Waals surface area contributed by atoms with Crippen LogP contribution in [0.5, 0.6) is 5.75 Å². The Hall–Kier alpha value is -2.86. The molecule has 0 saturated heterocycles. The van der Waals surface area contributed by atoms with Crippen molar-refractivity contribution in [1.82, 2.24) is 0 Å². The average Bonchev–Trinajstić information content (AvgIpc) is 2.74. The molecule has 1 aliphatic rings. The third kappa shape index (κ3) is 4.34. The van der Waals surface area contributed by atoms with E-state index in [9.17, 15) is 4.79 Å². The summed E-state index contributed by atoms with van der Waals surface area (Å²) in [6.07, 6.45) is 0. The van der Waals surface area contributed by atoms with Gasteiger partial charge in [-0.1, -0.05) is 38.1 Å². The van der Waals surface area contributed by atoms with Crippen LogP contribution in [-0.2, 0) is 20.4 Å². The van der Waals surface area contributed by atoms with Crippen molar-refractivity contribution in [2.24, 2.45) is 0 Å². The number of esters is 1. The Morgan fingerprint density at radius 1 is 0.900 bits per heavy atom. The molecule has 0 saturated carbocycles. The number of nitrogens with one attached hydrogen (secondary N) is 1. The Morgan fingerprint density at radius 3 is 2.03 bits per heavy atom. The number of rotatable bonds is 6. The third-order valence-electron chi connectivity index (χ3n) is 4.65. The Bertz CT molecular complexity index is 1000. The lowest BCUT2D eigenvalue weighted by Gasteiger charge is -2.20. The van der Waals surface area contributed by atoms with Gasteiger partial charge < -0.3 is 14.8 Å². The predicted octanol–water partition coefficient (Wildman–Crippen LogP) is 5.13. The zero-order valence-corrected chi connectivity index (χ0v) is 17.9. The first kappa shape index (κ1) is 20.4. The largest absolute Gasteiger partial charge is 0.490 e. The molecule has 0 aliphatic carbocycles. The highest BCUT2D eigenvalue weighted by Crippen LogP contribution is 2.44. The highest BCUT2D eigenvalue weighted by Gasteiger charge is 2.37. The molecule has 1 N–H and O–H groups in total. The standard InChI is InChI=1S/C24H23BNO3S/c1-24(2,25)23(27)29-16-15-28-17-11-13-18(14-12-17)30-21-9-5-3-7-19(21)26-20-8-4-6-10-22(20)30/h3-14,26H,15-16H2,1-2H3/q+1. The minimum absolute atomic E-state index is 0.165. The normalized spacial score (nSPS) is 13.0. The molecule has 3 aromatic rings. The topological polar surface area (TPSA) is 47.6 Å². The summed E-state index contributed by atoms with van der Waals surface area (Å²) in [4.78, 5) is 15.5. The lowest BCUT2D eigenvalue weighted by atomic mass is 9.73. The number of hydrogen-bond donors (Lipinski definition) is 1. The van der Waals surface area contributed by atoms with E-state index in [0.29, 0.717) is 0 Å². The van der Waals surface area contributed by atoms with Crippen LogP contribution < -0.4 is 10.1 Å². The van der Waals surface area contributed by atoms with E-state index in [1.807, 2.05) is 12.1 Å². The smallest absolute Gasteiger partial charge is 0.302 e. The summed E-state index contributed by atoms with van der Waals surface area (Å²) in [6, 6.07) is 25.0. The molecule has 3 aromatic carbocycles. The van der Waals surface area contributed by atoms with Gasteiger partial charge in [-0.25, -0.2) is 0 Å². The molecular weight excluding hydrogens is 393 g/mol. The van der Waals surface area contributed by atoms with Crippen molar-refractivity contribution in [3.05, 3.63) is 72.8 Å². The van der Waals surface area contributed by atoms with Gasteiger partial charge in [0.2, 0.25) is 0 Å². The molecule has 0 unspecified atom stereocenters. The van der Waals surface area contributed by atoms with Gasteiger partial charge in [0.1, 0.15) is 29.9 Å². The summed E-state index contributed by atoms with van der Waals surface area (Å²) in [6.45, 7) is 3.68. The second kappa shape index (κ2) is 8.48. The fourth-order valence-electron chi connectivity index (χ4n) is 3.17. The molecule has 0 aromatic heterocycles. The molecule has 30 heavy (non-hydrogen) atoms. The summed E-state index contributed by atoms with van der Waals surface area (Å²) in [5, 5.41) is 2.54. The van der Waals surface area contributed by atoms with E-state index in [2.05, 4.69) is 66.0 Å². The van der Waals surface area contributed by atoms with E-state index in [0.717, 1.165) is 17.1 Å². The second-order valence-corrected chi connectivity index (χ2v) is 9.56. The van der Waals surface area contributed by atoms with Crippen molar-refractivity contribution in [3.8, 4) is 5.75 Å². The molecule has 1 heterocycles. The lowest BCUT2D eigenvalue weighted by Crippen LogP contribution is -2.22. The van der Waals surface area contributed by atoms with Gasteiger partial charge in [0.25, 0.3) is 0 Å². The Morgan fingerprint density at radius 2 is 1.47 bits per heavy atom. The number of fused-ring (bicyclic) bond motifs is 2. The fraction of sp³-hybridized carbons (Fsp3) is 0.208. The molecule has 0 atom stereocenters. The Balaban J connectivity index is 1.48. The maximum atomic E-state index is 11.7. The molecule has 4 rings (SSSR count). The third-order valence-corrected chi connectivity index (χ3v) is 6.99. The van der Waals surface area contributed by atoms with Crippen LogP contribution >= 0.6 is 0 Å². The summed E-state index contributed by atoms with van der Waals surface area (Å²) in [5.41, 5.74) is 2.29. The number of benzene rings is 3. The first-order valence-corrected chi connectivity index (χ1v) is 11.0. The maximum Gasteiger partial charge on any atom is 0.302 e. The van der Waals surface area contributed by atoms with Gasteiger partial charge in [0, 0.05) is 5.31 Å². The van der Waals surface area contributed by atoms with E-state index in [-0.39, 0.29) is 24.1 Å². The van der Waals surface area contributed by atoms with Crippen molar-refractivity contribution < 1.29 is 14.3 Å². The van der Waals surface area contributed by atoms with Gasteiger partial charge in [0.05, 0.1) is 19.2 Å². The molecule has 0 spiro atoms. The molecule has 150 valence electrons. The minimum atomic E-state index is -0.996. The molecule has 0 amide bonds.